The molecule has 1 saturated heterocycles. The Morgan fingerprint density at radius 2 is 1.39 bits per heavy atom. The molecule has 4 aromatic rings. The average molecular weight is 670 g/mol. The Bertz CT molecular complexity index is 1510. The Hall–Kier alpha value is -4.51. The fourth-order valence-electron chi connectivity index (χ4n) is 5.69. The van der Waals surface area contributed by atoms with Crippen LogP contribution in [0.1, 0.15) is 55.6 Å². The van der Waals surface area contributed by atoms with Gasteiger partial charge in [0.25, 0.3) is 0 Å². The quantitative estimate of drug-likeness (QED) is 0.124. The number of likely N-dealkylation sites (tertiary alicyclic amines) is 1. The lowest BCUT2D eigenvalue weighted by molar-refractivity contribution is -0.101. The van der Waals surface area contributed by atoms with Gasteiger partial charge in [-0.2, -0.15) is 0 Å². The summed E-state index contributed by atoms with van der Waals surface area (Å²) in [5.74, 6) is 1.39. The number of hydrogen-bond acceptors (Lipinski definition) is 9. The summed E-state index contributed by atoms with van der Waals surface area (Å²) in [5, 5.41) is 0. The number of amides is 1. The van der Waals surface area contributed by atoms with Gasteiger partial charge in [0.05, 0.1) is 76.8 Å². The molecule has 1 amide bonds. The summed E-state index contributed by atoms with van der Waals surface area (Å²) in [6.45, 7) is 8.41. The normalized spacial score (nSPS) is 17.8. The molecule has 2 aromatic carbocycles. The molecule has 0 spiro atoms. The molecule has 1 fully saturated rings. The second-order valence-corrected chi connectivity index (χ2v) is 12.9. The molecule has 1 aliphatic rings. The van der Waals surface area contributed by atoms with Crippen LogP contribution < -0.4 is 9.47 Å². The second kappa shape index (κ2) is 17.8. The third-order valence-corrected chi connectivity index (χ3v) is 8.01. The highest BCUT2D eigenvalue weighted by Crippen LogP contribution is 2.35. The summed E-state index contributed by atoms with van der Waals surface area (Å²) >= 11 is 0. The Kier molecular flexibility index (Phi) is 13.0. The Balaban J connectivity index is 1.27. The zero-order valence-electron chi connectivity index (χ0n) is 28.8. The second-order valence-electron chi connectivity index (χ2n) is 12.9. The third kappa shape index (κ3) is 11.0. The van der Waals surface area contributed by atoms with E-state index in [1.165, 1.54) is 0 Å². The topological polar surface area (TPSA) is 101 Å². The molecule has 5 rings (SSSR count). The summed E-state index contributed by atoms with van der Waals surface area (Å²) in [6.07, 6.45) is 3.03. The van der Waals surface area contributed by atoms with Crippen molar-refractivity contribution in [1.29, 1.82) is 0 Å². The minimum atomic E-state index is -0.639. The van der Waals surface area contributed by atoms with E-state index in [-0.39, 0.29) is 19.1 Å². The van der Waals surface area contributed by atoms with Crippen LogP contribution in [0.5, 0.6) is 11.5 Å². The molecule has 2 aromatic heterocycles. The van der Waals surface area contributed by atoms with Crippen LogP contribution >= 0.6 is 0 Å². The first-order valence-corrected chi connectivity index (χ1v) is 16.7. The molecular weight excluding hydrogens is 622 g/mol. The van der Waals surface area contributed by atoms with Crippen LogP contribution in [-0.4, -0.2) is 72.2 Å². The van der Waals surface area contributed by atoms with Crippen molar-refractivity contribution in [3.05, 3.63) is 120 Å². The van der Waals surface area contributed by atoms with Crippen LogP contribution in [0.15, 0.2) is 97.3 Å². The number of carbonyl (C=O) groups excluding carboxylic acids is 1. The molecule has 0 radical (unpaired) electrons. The Morgan fingerprint density at radius 1 is 0.776 bits per heavy atom. The highest BCUT2D eigenvalue weighted by Gasteiger charge is 2.42. The molecular formula is C39H47N3O7. The SMILES string of the molecule is COc1ccccc1COCCCOc1ccc(C2[C@@H](OCc3ccccn3)CN(C(=O)OC(C)(C)C)C[C@H]2OCc2ccccn2)cc1. The maximum Gasteiger partial charge on any atom is 0.410 e. The number of nitrogens with zero attached hydrogens (tertiary/aromatic N) is 3. The van der Waals surface area contributed by atoms with Gasteiger partial charge in [-0.05, 0) is 68.8 Å². The van der Waals surface area contributed by atoms with Crippen LogP contribution in [-0.2, 0) is 38.8 Å². The summed E-state index contributed by atoms with van der Waals surface area (Å²) in [6, 6.07) is 27.3. The summed E-state index contributed by atoms with van der Waals surface area (Å²) < 4.78 is 36.2. The van der Waals surface area contributed by atoms with Gasteiger partial charge in [-0.25, -0.2) is 4.79 Å². The lowest BCUT2D eigenvalue weighted by atomic mass is 9.84. The van der Waals surface area contributed by atoms with Crippen LogP contribution in [0, 0.1) is 0 Å². The van der Waals surface area contributed by atoms with Crippen LogP contribution in [0.25, 0.3) is 0 Å². The van der Waals surface area contributed by atoms with Crippen LogP contribution in [0.4, 0.5) is 4.79 Å². The van der Waals surface area contributed by atoms with Gasteiger partial charge in [0.1, 0.15) is 17.1 Å². The first-order valence-electron chi connectivity index (χ1n) is 16.7. The number of methoxy groups -OCH3 is 1. The molecule has 260 valence electrons. The average Bonchev–Trinajstić information content (AvgIpc) is 3.11. The number of rotatable bonds is 15. The largest absolute Gasteiger partial charge is 0.496 e. The van der Waals surface area contributed by atoms with Crippen LogP contribution in [0.3, 0.4) is 0 Å². The van der Waals surface area contributed by atoms with Crippen molar-refractivity contribution in [3.8, 4) is 11.5 Å². The molecule has 0 N–H and O–H groups in total. The Labute approximate surface area is 289 Å². The molecule has 10 heteroatoms. The van der Waals surface area contributed by atoms with Gasteiger partial charge in [-0.15, -0.1) is 0 Å². The molecule has 0 aliphatic carbocycles. The van der Waals surface area contributed by atoms with Gasteiger partial charge in [0.15, 0.2) is 0 Å². The zero-order chi connectivity index (χ0) is 34.5. The molecule has 1 aliphatic heterocycles. The minimum Gasteiger partial charge on any atom is -0.496 e. The van der Waals surface area contributed by atoms with E-state index in [1.54, 1.807) is 24.4 Å². The molecule has 10 nitrogen and oxygen atoms in total. The maximum atomic E-state index is 13.3. The maximum absolute atomic E-state index is 13.3. The molecule has 0 saturated carbocycles. The smallest absolute Gasteiger partial charge is 0.410 e. The lowest BCUT2D eigenvalue weighted by Crippen LogP contribution is -2.55. The first-order chi connectivity index (χ1) is 23.8. The number of ether oxygens (including phenoxy) is 6. The monoisotopic (exact) mass is 669 g/mol. The number of aromatic nitrogens is 2. The van der Waals surface area contributed by atoms with Gasteiger partial charge < -0.3 is 33.3 Å². The number of carbonyl (C=O) groups is 1. The zero-order valence-corrected chi connectivity index (χ0v) is 28.8. The van der Waals surface area contributed by atoms with Crippen LogP contribution in [0.2, 0.25) is 0 Å². The molecule has 0 bridgehead atoms. The number of pyridine rings is 2. The van der Waals surface area contributed by atoms with Gasteiger partial charge in [-0.3, -0.25) is 9.97 Å². The highest BCUT2D eigenvalue weighted by molar-refractivity contribution is 5.68. The number of para-hydroxylation sites is 1. The van der Waals surface area contributed by atoms with Gasteiger partial charge in [-0.1, -0.05) is 42.5 Å². The van der Waals surface area contributed by atoms with Crippen molar-refractivity contribution in [3.63, 3.8) is 0 Å². The molecule has 3 atom stereocenters. The van der Waals surface area contributed by atoms with Gasteiger partial charge >= 0.3 is 6.09 Å². The van der Waals surface area contributed by atoms with E-state index < -0.39 is 23.9 Å². The fraction of sp³-hybridized carbons (Fsp3) is 0.410. The summed E-state index contributed by atoms with van der Waals surface area (Å²) in [4.78, 5) is 23.9. The van der Waals surface area contributed by atoms with Crippen molar-refractivity contribution in [2.75, 3.05) is 33.4 Å². The van der Waals surface area contributed by atoms with E-state index in [0.29, 0.717) is 32.9 Å². The molecule has 3 heterocycles. The predicted octanol–water partition coefficient (Wildman–Crippen LogP) is 6.98. The van der Waals surface area contributed by atoms with E-state index in [9.17, 15) is 4.79 Å². The number of hydrogen-bond donors (Lipinski definition) is 0. The van der Waals surface area contributed by atoms with E-state index in [1.807, 2.05) is 93.6 Å². The molecule has 49 heavy (non-hydrogen) atoms. The fourth-order valence-corrected chi connectivity index (χ4v) is 5.69. The van der Waals surface area contributed by atoms with E-state index >= 15 is 0 Å². The van der Waals surface area contributed by atoms with Crippen molar-refractivity contribution in [1.82, 2.24) is 14.9 Å². The van der Waals surface area contributed by atoms with Gasteiger partial charge in [0.2, 0.25) is 0 Å². The predicted molar refractivity (Wildman–Crippen MR) is 185 cm³/mol. The highest BCUT2D eigenvalue weighted by atomic mass is 16.6. The molecule has 1 unspecified atom stereocenters. The van der Waals surface area contributed by atoms with E-state index in [2.05, 4.69) is 22.1 Å². The number of piperidine rings is 1. The lowest BCUT2D eigenvalue weighted by Gasteiger charge is -2.43. The van der Waals surface area contributed by atoms with Crippen molar-refractivity contribution in [2.45, 2.75) is 70.7 Å². The summed E-state index contributed by atoms with van der Waals surface area (Å²) in [5.41, 5.74) is 3.01. The third-order valence-electron chi connectivity index (χ3n) is 8.01. The van der Waals surface area contributed by atoms with Crippen molar-refractivity contribution >= 4 is 6.09 Å². The first kappa shape index (κ1) is 35.8. The van der Waals surface area contributed by atoms with Gasteiger partial charge in [0, 0.05) is 30.3 Å². The van der Waals surface area contributed by atoms with E-state index in [4.69, 9.17) is 28.4 Å². The van der Waals surface area contributed by atoms with E-state index in [0.717, 1.165) is 40.4 Å². The number of benzene rings is 2. The van der Waals surface area contributed by atoms with Crippen molar-refractivity contribution < 1.29 is 33.2 Å². The minimum absolute atomic E-state index is 0.191. The summed E-state index contributed by atoms with van der Waals surface area (Å²) in [7, 11) is 1.66. The van der Waals surface area contributed by atoms with Crippen molar-refractivity contribution in [2.24, 2.45) is 0 Å². The standard InChI is InChI=1S/C39H47N3O7/c1-39(2,3)49-38(43)42-24-35(47-27-31-13-7-9-20-40-31)37(36(25-42)48-28-32-14-8-10-21-41-32)29-16-18-33(19-17-29)46-23-11-22-45-26-30-12-5-6-15-34(30)44-4/h5-10,12-21,35-37H,11,22-28H2,1-4H3/t35-,36+,37?. The Morgan fingerprint density at radius 3 is 1.96 bits per heavy atom.